The van der Waals surface area contributed by atoms with Crippen LogP contribution < -0.4 is 0 Å². The van der Waals surface area contributed by atoms with Gasteiger partial charge >= 0.3 is 0 Å². The zero-order chi connectivity index (χ0) is 13.3. The van der Waals surface area contributed by atoms with E-state index in [1.807, 2.05) is 0 Å². The molecule has 1 aliphatic carbocycles. The molecule has 1 saturated carbocycles. The van der Waals surface area contributed by atoms with Crippen molar-refractivity contribution in [2.24, 2.45) is 0 Å². The molecule has 4 nitrogen and oxygen atoms in total. The summed E-state index contributed by atoms with van der Waals surface area (Å²) in [5, 5.41) is 0. The van der Waals surface area contributed by atoms with Crippen LogP contribution in [-0.4, -0.2) is 24.6 Å². The lowest BCUT2D eigenvalue weighted by Crippen LogP contribution is -2.09. The molecule has 1 N–H and O–H groups in total. The average Bonchev–Trinajstić information content (AvgIpc) is 2.74. The molecule has 0 unspecified atom stereocenters. The van der Waals surface area contributed by atoms with Gasteiger partial charge in [-0.05, 0) is 28.8 Å². The highest BCUT2D eigenvalue weighted by atomic mass is 79.9. The Balaban J connectivity index is 2.42. The van der Waals surface area contributed by atoms with E-state index in [-0.39, 0.29) is 5.75 Å². The Hall–Kier alpha value is -0.270. The largest absolute Gasteiger partial charge is 0.345 e. The third-order valence-corrected chi connectivity index (χ3v) is 5.26. The summed E-state index contributed by atoms with van der Waals surface area (Å²) in [6, 6.07) is 0. The van der Waals surface area contributed by atoms with Crippen molar-refractivity contribution in [2.45, 2.75) is 37.4 Å². The Morgan fingerprint density at radius 3 is 2.61 bits per heavy atom. The lowest BCUT2D eigenvalue weighted by Gasteiger charge is -2.13. The van der Waals surface area contributed by atoms with Crippen molar-refractivity contribution in [3.63, 3.8) is 0 Å². The van der Waals surface area contributed by atoms with Gasteiger partial charge in [-0.3, -0.25) is 0 Å². The molecule has 0 spiro atoms. The first-order chi connectivity index (χ1) is 8.37. The molecule has 1 fully saturated rings. The third-order valence-electron chi connectivity index (χ3n) is 3.10. The minimum atomic E-state index is -3.10. The maximum Gasteiger partial charge on any atom is 0.154 e. The molecule has 0 radical (unpaired) electrons. The van der Waals surface area contributed by atoms with E-state index in [4.69, 9.17) is 12.2 Å². The van der Waals surface area contributed by atoms with Crippen molar-refractivity contribution in [3.05, 3.63) is 20.6 Å². The van der Waals surface area contributed by atoms with Gasteiger partial charge in [0.1, 0.15) is 16.2 Å². The molecule has 0 aliphatic heterocycles. The van der Waals surface area contributed by atoms with E-state index in [0.717, 1.165) is 23.0 Å². The normalized spacial score (nSPS) is 17.2. The second-order valence-electron chi connectivity index (χ2n) is 4.77. The van der Waals surface area contributed by atoms with Gasteiger partial charge in [0.15, 0.2) is 9.84 Å². The molecule has 1 aromatic rings. The molecule has 7 heteroatoms. The molecule has 18 heavy (non-hydrogen) atoms. The SMILES string of the molecule is CS(=O)(=O)Cc1nc(=S)c(Br)c(C2CCCC2)[nH]1. The van der Waals surface area contributed by atoms with E-state index in [1.54, 1.807) is 0 Å². The second kappa shape index (κ2) is 5.38. The molecule has 0 bridgehead atoms. The summed E-state index contributed by atoms with van der Waals surface area (Å²) in [7, 11) is -3.10. The Labute approximate surface area is 120 Å². The first-order valence-corrected chi connectivity index (χ1v) is 9.09. The molecule has 0 amide bonds. The van der Waals surface area contributed by atoms with Crippen molar-refractivity contribution in [2.75, 3.05) is 6.26 Å². The highest BCUT2D eigenvalue weighted by Crippen LogP contribution is 2.36. The predicted molar refractivity (Wildman–Crippen MR) is 76.9 cm³/mol. The van der Waals surface area contributed by atoms with Crippen LogP contribution in [0.5, 0.6) is 0 Å². The van der Waals surface area contributed by atoms with Crippen LogP contribution in [0.4, 0.5) is 0 Å². The zero-order valence-corrected chi connectivity index (χ0v) is 13.3. The number of sulfone groups is 1. The number of hydrogen-bond acceptors (Lipinski definition) is 4. The fraction of sp³-hybridized carbons (Fsp3) is 0.636. The molecule has 1 aliphatic rings. The van der Waals surface area contributed by atoms with Crippen LogP contribution >= 0.6 is 28.1 Å². The van der Waals surface area contributed by atoms with E-state index >= 15 is 0 Å². The van der Waals surface area contributed by atoms with Gasteiger partial charge in [-0.25, -0.2) is 13.4 Å². The molecule has 1 heterocycles. The van der Waals surface area contributed by atoms with E-state index in [2.05, 4.69) is 25.9 Å². The van der Waals surface area contributed by atoms with Crippen LogP contribution in [0.15, 0.2) is 4.47 Å². The molecule has 0 aromatic carbocycles. The summed E-state index contributed by atoms with van der Waals surface area (Å²) in [5.41, 5.74) is 1.01. The van der Waals surface area contributed by atoms with E-state index < -0.39 is 9.84 Å². The van der Waals surface area contributed by atoms with Gasteiger partial charge in [-0.15, -0.1) is 0 Å². The topological polar surface area (TPSA) is 62.8 Å². The molecule has 100 valence electrons. The Kier molecular flexibility index (Phi) is 4.23. The van der Waals surface area contributed by atoms with Gasteiger partial charge in [0.25, 0.3) is 0 Å². The van der Waals surface area contributed by atoms with Crippen LogP contribution in [0.3, 0.4) is 0 Å². The summed E-state index contributed by atoms with van der Waals surface area (Å²) in [4.78, 5) is 7.27. The van der Waals surface area contributed by atoms with Gasteiger partial charge in [0.05, 0.1) is 4.47 Å². The maximum atomic E-state index is 11.3. The van der Waals surface area contributed by atoms with Crippen LogP contribution in [0.2, 0.25) is 0 Å². The Morgan fingerprint density at radius 2 is 2.06 bits per heavy atom. The highest BCUT2D eigenvalue weighted by Gasteiger charge is 2.22. The zero-order valence-electron chi connectivity index (χ0n) is 10.1. The van der Waals surface area contributed by atoms with E-state index in [9.17, 15) is 8.42 Å². The van der Waals surface area contributed by atoms with E-state index in [0.29, 0.717) is 16.4 Å². The lowest BCUT2D eigenvalue weighted by molar-refractivity contribution is 0.598. The number of aromatic amines is 1. The van der Waals surface area contributed by atoms with Crippen LogP contribution in [-0.2, 0) is 15.6 Å². The van der Waals surface area contributed by atoms with Gasteiger partial charge in [-0.1, -0.05) is 25.1 Å². The molecule has 0 saturated heterocycles. The van der Waals surface area contributed by atoms with Gasteiger partial charge in [0.2, 0.25) is 0 Å². The maximum absolute atomic E-state index is 11.3. The molecular weight excluding hydrogens is 336 g/mol. The average molecular weight is 351 g/mol. The Bertz CT molecular complexity index is 604. The van der Waals surface area contributed by atoms with Gasteiger partial charge < -0.3 is 4.98 Å². The summed E-state index contributed by atoms with van der Waals surface area (Å²) < 4.78 is 23.9. The monoisotopic (exact) mass is 350 g/mol. The van der Waals surface area contributed by atoms with Crippen molar-refractivity contribution < 1.29 is 8.42 Å². The first kappa shape index (κ1) is 14.1. The summed E-state index contributed by atoms with van der Waals surface area (Å²) in [6.45, 7) is 0. The second-order valence-corrected chi connectivity index (χ2v) is 8.09. The van der Waals surface area contributed by atoms with Crippen LogP contribution in [0, 0.1) is 4.64 Å². The quantitative estimate of drug-likeness (QED) is 0.850. The smallest absolute Gasteiger partial charge is 0.154 e. The van der Waals surface area contributed by atoms with E-state index in [1.165, 1.54) is 19.1 Å². The Morgan fingerprint density at radius 1 is 1.44 bits per heavy atom. The van der Waals surface area contributed by atoms with Crippen LogP contribution in [0.25, 0.3) is 0 Å². The lowest BCUT2D eigenvalue weighted by atomic mass is 10.0. The first-order valence-electron chi connectivity index (χ1n) is 5.83. The minimum absolute atomic E-state index is 0.0936. The minimum Gasteiger partial charge on any atom is -0.345 e. The predicted octanol–water partition coefficient (Wildman–Crippen LogP) is 3.10. The number of H-pyrrole nitrogens is 1. The van der Waals surface area contributed by atoms with Crippen molar-refractivity contribution in [1.29, 1.82) is 0 Å². The number of nitrogens with zero attached hydrogens (tertiary/aromatic N) is 1. The number of halogens is 1. The third kappa shape index (κ3) is 3.39. The molecule has 0 atom stereocenters. The standard InChI is InChI=1S/C11H15BrN2O2S2/c1-18(15,16)6-8-13-10(7-4-2-3-5-7)9(12)11(17)14-8/h7H,2-6H2,1H3,(H,13,14,17). The fourth-order valence-corrected chi connectivity index (χ4v) is 3.70. The molecule has 1 aromatic heterocycles. The number of nitrogens with one attached hydrogen (secondary N) is 1. The summed E-state index contributed by atoms with van der Waals surface area (Å²) in [6.07, 6.45) is 5.85. The van der Waals surface area contributed by atoms with Gasteiger partial charge in [0, 0.05) is 17.9 Å². The number of hydrogen-bond donors (Lipinski definition) is 1. The van der Waals surface area contributed by atoms with Crippen molar-refractivity contribution in [1.82, 2.24) is 9.97 Å². The van der Waals surface area contributed by atoms with Crippen molar-refractivity contribution >= 4 is 38.0 Å². The molecular formula is C11H15BrN2O2S2. The number of aromatic nitrogens is 2. The van der Waals surface area contributed by atoms with Crippen LogP contribution in [0.1, 0.15) is 43.1 Å². The van der Waals surface area contributed by atoms with Crippen molar-refractivity contribution in [3.8, 4) is 0 Å². The highest BCUT2D eigenvalue weighted by molar-refractivity contribution is 9.10. The fourth-order valence-electron chi connectivity index (χ4n) is 2.34. The molecule has 2 rings (SSSR count). The number of rotatable bonds is 3. The van der Waals surface area contributed by atoms with Gasteiger partial charge in [-0.2, -0.15) is 0 Å². The summed E-state index contributed by atoms with van der Waals surface area (Å²) in [5.74, 6) is 0.777. The summed E-state index contributed by atoms with van der Waals surface area (Å²) >= 11 is 8.64.